The Balaban J connectivity index is 3.28. The van der Waals surface area contributed by atoms with Gasteiger partial charge in [0.05, 0.1) is 0 Å². The Kier molecular flexibility index (Phi) is 7.11. The molecular weight excluding hydrogens is 136 g/mol. The van der Waals surface area contributed by atoms with Crippen molar-refractivity contribution in [3.63, 3.8) is 0 Å². The van der Waals surface area contributed by atoms with E-state index in [4.69, 9.17) is 0 Å². The third-order valence-corrected chi connectivity index (χ3v) is 1.80. The van der Waals surface area contributed by atoms with E-state index in [0.717, 1.165) is 18.6 Å². The van der Waals surface area contributed by atoms with Gasteiger partial charge in [-0.05, 0) is 18.4 Å². The van der Waals surface area contributed by atoms with Gasteiger partial charge in [0.15, 0.2) is 0 Å². The van der Waals surface area contributed by atoms with Gasteiger partial charge in [0.25, 0.3) is 0 Å². The van der Waals surface area contributed by atoms with E-state index in [2.05, 4.69) is 13.8 Å². The first-order valence-corrected chi connectivity index (χ1v) is 4.41. The van der Waals surface area contributed by atoms with Crippen molar-refractivity contribution in [3.8, 4) is 0 Å². The fraction of sp³-hybridized carbons (Fsp3) is 0.700. The van der Waals surface area contributed by atoms with Gasteiger partial charge in [0.2, 0.25) is 0 Å². The Labute approximate surface area is 69.5 Å². The van der Waals surface area contributed by atoms with Crippen molar-refractivity contribution in [3.05, 3.63) is 12.2 Å². The van der Waals surface area contributed by atoms with Gasteiger partial charge in [0.1, 0.15) is 6.29 Å². The quantitative estimate of drug-likeness (QED) is 0.424. The molecule has 0 saturated carbocycles. The Morgan fingerprint density at radius 1 is 1.45 bits per heavy atom. The van der Waals surface area contributed by atoms with Crippen LogP contribution in [0, 0.1) is 5.92 Å². The SMILES string of the molecule is CCCCC(C)C/C=C/C=O. The van der Waals surface area contributed by atoms with E-state index in [1.165, 1.54) is 19.3 Å². The van der Waals surface area contributed by atoms with Gasteiger partial charge in [0, 0.05) is 0 Å². The minimum atomic E-state index is 0.728. The zero-order valence-corrected chi connectivity index (χ0v) is 7.55. The fourth-order valence-corrected chi connectivity index (χ4v) is 1.04. The van der Waals surface area contributed by atoms with Gasteiger partial charge in [-0.1, -0.05) is 39.2 Å². The summed E-state index contributed by atoms with van der Waals surface area (Å²) in [5, 5.41) is 0. The molecule has 0 aromatic carbocycles. The highest BCUT2D eigenvalue weighted by atomic mass is 16.1. The molecule has 0 aliphatic carbocycles. The van der Waals surface area contributed by atoms with Gasteiger partial charge in [-0.15, -0.1) is 0 Å². The van der Waals surface area contributed by atoms with Crippen molar-refractivity contribution in [2.75, 3.05) is 0 Å². The summed E-state index contributed by atoms with van der Waals surface area (Å²) in [6.45, 7) is 4.43. The van der Waals surface area contributed by atoms with Crippen LogP contribution in [-0.2, 0) is 4.79 Å². The van der Waals surface area contributed by atoms with E-state index >= 15 is 0 Å². The molecule has 11 heavy (non-hydrogen) atoms. The Morgan fingerprint density at radius 2 is 2.18 bits per heavy atom. The number of rotatable bonds is 6. The molecule has 0 aromatic heterocycles. The van der Waals surface area contributed by atoms with E-state index in [9.17, 15) is 4.79 Å². The number of hydrogen-bond donors (Lipinski definition) is 0. The minimum absolute atomic E-state index is 0.728. The predicted molar refractivity (Wildman–Crippen MR) is 48.5 cm³/mol. The predicted octanol–water partition coefficient (Wildman–Crippen LogP) is 2.96. The molecule has 0 bridgehead atoms. The standard InChI is InChI=1S/C10H18O/c1-3-4-7-10(2)8-5-6-9-11/h5-6,9-10H,3-4,7-8H2,1-2H3/b6-5+. The van der Waals surface area contributed by atoms with Crippen molar-refractivity contribution in [1.82, 2.24) is 0 Å². The van der Waals surface area contributed by atoms with Crippen molar-refractivity contribution in [2.45, 2.75) is 39.5 Å². The zero-order chi connectivity index (χ0) is 8.53. The average molecular weight is 154 g/mol. The molecule has 64 valence electrons. The fourth-order valence-electron chi connectivity index (χ4n) is 1.04. The third kappa shape index (κ3) is 7.31. The second-order valence-electron chi connectivity index (χ2n) is 3.05. The second-order valence-corrected chi connectivity index (χ2v) is 3.05. The molecular formula is C10H18O. The summed E-state index contributed by atoms with van der Waals surface area (Å²) in [7, 11) is 0. The van der Waals surface area contributed by atoms with Crippen LogP contribution in [0.2, 0.25) is 0 Å². The molecule has 0 spiro atoms. The van der Waals surface area contributed by atoms with Crippen LogP contribution >= 0.6 is 0 Å². The summed E-state index contributed by atoms with van der Waals surface area (Å²) in [6.07, 6.45) is 9.26. The molecule has 0 heterocycles. The molecule has 1 heteroatoms. The summed E-state index contributed by atoms with van der Waals surface area (Å²) in [5.74, 6) is 0.728. The molecule has 0 fully saturated rings. The maximum absolute atomic E-state index is 9.91. The highest BCUT2D eigenvalue weighted by Gasteiger charge is 1.96. The van der Waals surface area contributed by atoms with Gasteiger partial charge in [-0.2, -0.15) is 0 Å². The molecule has 0 rings (SSSR count). The Morgan fingerprint density at radius 3 is 2.73 bits per heavy atom. The second kappa shape index (κ2) is 7.52. The van der Waals surface area contributed by atoms with Crippen LogP contribution < -0.4 is 0 Å². The summed E-state index contributed by atoms with van der Waals surface area (Å²) >= 11 is 0. The van der Waals surface area contributed by atoms with E-state index in [1.807, 2.05) is 6.08 Å². The monoisotopic (exact) mass is 154 g/mol. The van der Waals surface area contributed by atoms with E-state index in [1.54, 1.807) is 6.08 Å². The van der Waals surface area contributed by atoms with Crippen molar-refractivity contribution in [2.24, 2.45) is 5.92 Å². The number of hydrogen-bond acceptors (Lipinski definition) is 1. The smallest absolute Gasteiger partial charge is 0.142 e. The lowest BCUT2D eigenvalue weighted by atomic mass is 10.0. The first-order chi connectivity index (χ1) is 5.31. The normalized spacial score (nSPS) is 13.6. The number of allylic oxidation sites excluding steroid dienone is 2. The molecule has 0 saturated heterocycles. The van der Waals surface area contributed by atoms with Gasteiger partial charge < -0.3 is 0 Å². The van der Waals surface area contributed by atoms with E-state index in [0.29, 0.717) is 0 Å². The maximum atomic E-state index is 9.91. The summed E-state index contributed by atoms with van der Waals surface area (Å²) < 4.78 is 0. The lowest BCUT2D eigenvalue weighted by molar-refractivity contribution is -0.104. The van der Waals surface area contributed by atoms with Crippen LogP contribution in [0.25, 0.3) is 0 Å². The number of carbonyl (C=O) groups is 1. The Hall–Kier alpha value is -0.590. The molecule has 1 unspecified atom stereocenters. The lowest BCUT2D eigenvalue weighted by Gasteiger charge is -2.05. The van der Waals surface area contributed by atoms with E-state index < -0.39 is 0 Å². The average Bonchev–Trinajstić information content (AvgIpc) is 2.01. The topological polar surface area (TPSA) is 17.1 Å². The van der Waals surface area contributed by atoms with Crippen LogP contribution in [0.4, 0.5) is 0 Å². The molecule has 0 radical (unpaired) electrons. The number of unbranched alkanes of at least 4 members (excludes halogenated alkanes) is 1. The highest BCUT2D eigenvalue weighted by Crippen LogP contribution is 2.11. The van der Waals surface area contributed by atoms with Crippen molar-refractivity contribution in [1.29, 1.82) is 0 Å². The van der Waals surface area contributed by atoms with Gasteiger partial charge >= 0.3 is 0 Å². The van der Waals surface area contributed by atoms with Crippen LogP contribution in [0.1, 0.15) is 39.5 Å². The summed E-state index contributed by atoms with van der Waals surface area (Å²) in [4.78, 5) is 9.91. The number of carbonyl (C=O) groups excluding carboxylic acids is 1. The summed E-state index contributed by atoms with van der Waals surface area (Å²) in [5.41, 5.74) is 0. The van der Waals surface area contributed by atoms with Gasteiger partial charge in [-0.3, -0.25) is 4.79 Å². The number of aldehydes is 1. The van der Waals surface area contributed by atoms with Crippen LogP contribution in [0.15, 0.2) is 12.2 Å². The molecule has 0 N–H and O–H groups in total. The van der Waals surface area contributed by atoms with Crippen LogP contribution in [-0.4, -0.2) is 6.29 Å². The molecule has 0 aliphatic rings. The largest absolute Gasteiger partial charge is 0.299 e. The first kappa shape index (κ1) is 10.4. The van der Waals surface area contributed by atoms with Crippen LogP contribution in [0.3, 0.4) is 0 Å². The molecule has 0 aliphatic heterocycles. The van der Waals surface area contributed by atoms with Crippen molar-refractivity contribution < 1.29 is 4.79 Å². The molecule has 1 nitrogen and oxygen atoms in total. The molecule has 0 aromatic rings. The highest BCUT2D eigenvalue weighted by molar-refractivity contribution is 5.64. The molecule has 1 atom stereocenters. The van der Waals surface area contributed by atoms with Crippen molar-refractivity contribution >= 4 is 6.29 Å². The first-order valence-electron chi connectivity index (χ1n) is 4.41. The zero-order valence-electron chi connectivity index (χ0n) is 7.55. The van der Waals surface area contributed by atoms with Crippen LogP contribution in [0.5, 0.6) is 0 Å². The molecule has 0 amide bonds. The van der Waals surface area contributed by atoms with Gasteiger partial charge in [-0.25, -0.2) is 0 Å². The maximum Gasteiger partial charge on any atom is 0.142 e. The Bertz CT molecular complexity index is 116. The summed E-state index contributed by atoms with van der Waals surface area (Å²) in [6, 6.07) is 0. The van der Waals surface area contributed by atoms with E-state index in [-0.39, 0.29) is 0 Å². The minimum Gasteiger partial charge on any atom is -0.299 e. The third-order valence-electron chi connectivity index (χ3n) is 1.80. The lowest BCUT2D eigenvalue weighted by Crippen LogP contribution is -1.91.